The molecule has 0 bridgehead atoms. The Labute approximate surface area is 187 Å². The SMILES string of the molecule is CNC(=O)[C@@](C)(C(=O)NO)N(C)C(=O)c1ccc(C#Cc2ccc(CCCO)cc2)cc1. The van der Waals surface area contributed by atoms with Crippen molar-refractivity contribution in [1.82, 2.24) is 15.7 Å². The predicted molar refractivity (Wildman–Crippen MR) is 119 cm³/mol. The highest BCUT2D eigenvalue weighted by atomic mass is 16.5. The van der Waals surface area contributed by atoms with Gasteiger partial charge >= 0.3 is 0 Å². The van der Waals surface area contributed by atoms with Gasteiger partial charge in [0, 0.05) is 37.4 Å². The normalized spacial score (nSPS) is 12.0. The van der Waals surface area contributed by atoms with Crippen molar-refractivity contribution in [3.63, 3.8) is 0 Å². The number of likely N-dealkylation sites (N-methyl/N-ethyl adjacent to an activating group) is 2. The Hall–Kier alpha value is -3.67. The summed E-state index contributed by atoms with van der Waals surface area (Å²) >= 11 is 0. The van der Waals surface area contributed by atoms with Gasteiger partial charge in [-0.25, -0.2) is 5.48 Å². The third-order valence-electron chi connectivity index (χ3n) is 5.25. The molecule has 0 radical (unpaired) electrons. The molecule has 0 aromatic heterocycles. The number of hydrogen-bond acceptors (Lipinski definition) is 5. The molecule has 2 rings (SSSR count). The second-order valence-corrected chi connectivity index (χ2v) is 7.31. The molecule has 3 amide bonds. The van der Waals surface area contributed by atoms with E-state index in [1.54, 1.807) is 24.3 Å². The molecule has 0 fully saturated rings. The van der Waals surface area contributed by atoms with Gasteiger partial charge in [0.2, 0.25) is 0 Å². The van der Waals surface area contributed by atoms with E-state index in [9.17, 15) is 14.4 Å². The van der Waals surface area contributed by atoms with Crippen LogP contribution in [0.4, 0.5) is 0 Å². The lowest BCUT2D eigenvalue weighted by atomic mass is 9.96. The van der Waals surface area contributed by atoms with Gasteiger partial charge in [-0.2, -0.15) is 0 Å². The van der Waals surface area contributed by atoms with Crippen molar-refractivity contribution in [1.29, 1.82) is 0 Å². The minimum atomic E-state index is -1.94. The number of rotatable bonds is 7. The number of amides is 3. The fourth-order valence-corrected chi connectivity index (χ4v) is 3.04. The molecule has 0 saturated heterocycles. The summed E-state index contributed by atoms with van der Waals surface area (Å²) < 4.78 is 0. The van der Waals surface area contributed by atoms with E-state index in [4.69, 9.17) is 10.3 Å². The minimum absolute atomic E-state index is 0.162. The van der Waals surface area contributed by atoms with Gasteiger partial charge in [0.05, 0.1) is 0 Å². The van der Waals surface area contributed by atoms with Crippen molar-refractivity contribution in [3.8, 4) is 11.8 Å². The summed E-state index contributed by atoms with van der Waals surface area (Å²) in [5, 5.41) is 20.2. The maximum absolute atomic E-state index is 12.9. The van der Waals surface area contributed by atoms with Gasteiger partial charge in [0.15, 0.2) is 5.54 Å². The molecule has 0 spiro atoms. The van der Waals surface area contributed by atoms with Gasteiger partial charge in [0.1, 0.15) is 0 Å². The highest BCUT2D eigenvalue weighted by Crippen LogP contribution is 2.18. The molecule has 1 atom stereocenters. The summed E-state index contributed by atoms with van der Waals surface area (Å²) in [5.74, 6) is 3.74. The molecule has 0 aliphatic rings. The number of aliphatic hydroxyl groups excluding tert-OH is 1. The number of hydroxylamine groups is 1. The van der Waals surface area contributed by atoms with Gasteiger partial charge in [-0.1, -0.05) is 24.0 Å². The Morgan fingerprint density at radius 1 is 0.969 bits per heavy atom. The summed E-state index contributed by atoms with van der Waals surface area (Å²) in [6, 6.07) is 14.2. The molecule has 2 aromatic carbocycles. The molecule has 2 aromatic rings. The van der Waals surface area contributed by atoms with Crippen LogP contribution < -0.4 is 10.8 Å². The maximum atomic E-state index is 12.9. The average Bonchev–Trinajstić information content (AvgIpc) is 2.84. The maximum Gasteiger partial charge on any atom is 0.278 e. The zero-order valence-corrected chi connectivity index (χ0v) is 18.3. The quantitative estimate of drug-likeness (QED) is 0.224. The molecule has 32 heavy (non-hydrogen) atoms. The molecule has 8 nitrogen and oxygen atoms in total. The van der Waals surface area contributed by atoms with Crippen LogP contribution in [0.15, 0.2) is 48.5 Å². The van der Waals surface area contributed by atoms with Crippen molar-refractivity contribution in [2.45, 2.75) is 25.3 Å². The topological polar surface area (TPSA) is 119 Å². The van der Waals surface area contributed by atoms with Crippen LogP contribution >= 0.6 is 0 Å². The summed E-state index contributed by atoms with van der Waals surface area (Å²) in [6.07, 6.45) is 1.53. The molecule has 8 heteroatoms. The zero-order valence-electron chi connectivity index (χ0n) is 18.3. The van der Waals surface area contributed by atoms with Gasteiger partial charge in [-0.05, 0) is 61.7 Å². The first-order chi connectivity index (χ1) is 15.3. The summed E-state index contributed by atoms with van der Waals surface area (Å²) in [5.41, 5.74) is 2.42. The molecule has 0 aliphatic heterocycles. The van der Waals surface area contributed by atoms with Crippen LogP contribution in [0.25, 0.3) is 0 Å². The zero-order chi connectivity index (χ0) is 23.7. The van der Waals surface area contributed by atoms with Crippen molar-refractivity contribution >= 4 is 17.7 Å². The Balaban J connectivity index is 2.16. The number of nitrogens with zero attached hydrogens (tertiary/aromatic N) is 1. The van der Waals surface area contributed by atoms with Crippen molar-refractivity contribution in [2.24, 2.45) is 0 Å². The minimum Gasteiger partial charge on any atom is -0.396 e. The number of aryl methyl sites for hydroxylation is 1. The molecule has 0 unspecified atom stereocenters. The van der Waals surface area contributed by atoms with Crippen molar-refractivity contribution in [3.05, 3.63) is 70.8 Å². The van der Waals surface area contributed by atoms with Crippen LogP contribution in [0.5, 0.6) is 0 Å². The smallest absolute Gasteiger partial charge is 0.278 e. The third-order valence-corrected chi connectivity index (χ3v) is 5.25. The Bertz CT molecular complexity index is 1000. The highest BCUT2D eigenvalue weighted by molar-refractivity contribution is 6.12. The number of carbonyl (C=O) groups excluding carboxylic acids is 3. The second-order valence-electron chi connectivity index (χ2n) is 7.31. The predicted octanol–water partition coefficient (Wildman–Crippen LogP) is 1.09. The fraction of sp³-hybridized carbons (Fsp3) is 0.292. The Morgan fingerprint density at radius 3 is 1.97 bits per heavy atom. The Kier molecular flexibility index (Phi) is 8.53. The van der Waals surface area contributed by atoms with Gasteiger partial charge in [-0.3, -0.25) is 19.6 Å². The molecular formula is C24H27N3O5. The average molecular weight is 437 g/mol. The summed E-state index contributed by atoms with van der Waals surface area (Å²) in [7, 11) is 2.64. The van der Waals surface area contributed by atoms with E-state index in [1.807, 2.05) is 24.3 Å². The van der Waals surface area contributed by atoms with Crippen molar-refractivity contribution in [2.75, 3.05) is 20.7 Å². The van der Waals surface area contributed by atoms with Crippen LogP contribution in [-0.2, 0) is 16.0 Å². The molecule has 4 N–H and O–H groups in total. The van der Waals surface area contributed by atoms with Gasteiger partial charge < -0.3 is 15.3 Å². The molecule has 168 valence electrons. The lowest BCUT2D eigenvalue weighted by Crippen LogP contribution is -2.64. The van der Waals surface area contributed by atoms with Crippen LogP contribution in [0.1, 0.15) is 40.4 Å². The molecular weight excluding hydrogens is 410 g/mol. The third kappa shape index (κ3) is 5.52. The van der Waals surface area contributed by atoms with E-state index in [1.165, 1.54) is 26.5 Å². The molecule has 0 aliphatic carbocycles. The lowest BCUT2D eigenvalue weighted by Gasteiger charge is -2.34. The first-order valence-electron chi connectivity index (χ1n) is 10.0. The van der Waals surface area contributed by atoms with Crippen LogP contribution in [0.3, 0.4) is 0 Å². The van der Waals surface area contributed by atoms with Crippen molar-refractivity contribution < 1.29 is 24.7 Å². The molecule has 0 saturated carbocycles. The van der Waals surface area contributed by atoms with E-state index < -0.39 is 23.3 Å². The number of nitrogens with one attached hydrogen (secondary N) is 2. The van der Waals surface area contributed by atoms with Gasteiger partial charge in [-0.15, -0.1) is 0 Å². The van der Waals surface area contributed by atoms with Crippen LogP contribution in [0, 0.1) is 11.8 Å². The van der Waals surface area contributed by atoms with Gasteiger partial charge in [0.25, 0.3) is 17.7 Å². The largest absolute Gasteiger partial charge is 0.396 e. The standard InChI is InChI=1S/C24H27N3O5/c1-24(22(30)25-2,23(31)26-32)27(3)21(29)20-14-12-19(13-15-20)11-10-18-8-6-17(7-9-18)5-4-16-28/h6-9,12-15,28,32H,4-5,16H2,1-3H3,(H,25,30)(H,26,31)/t24-/m0/s1. The number of hydrogen-bond donors (Lipinski definition) is 4. The highest BCUT2D eigenvalue weighted by Gasteiger charge is 2.47. The number of benzene rings is 2. The van der Waals surface area contributed by atoms with E-state index in [0.29, 0.717) is 5.56 Å². The summed E-state index contributed by atoms with van der Waals surface area (Å²) in [4.78, 5) is 38.2. The van der Waals surface area contributed by atoms with E-state index in [2.05, 4.69) is 17.2 Å². The Morgan fingerprint density at radius 2 is 1.50 bits per heavy atom. The lowest BCUT2D eigenvalue weighted by molar-refractivity contribution is -0.148. The van der Waals surface area contributed by atoms with E-state index in [-0.39, 0.29) is 12.2 Å². The first kappa shape index (κ1) is 24.6. The summed E-state index contributed by atoms with van der Waals surface area (Å²) in [6.45, 7) is 1.40. The van der Waals surface area contributed by atoms with Crippen LogP contribution in [0.2, 0.25) is 0 Å². The van der Waals surface area contributed by atoms with E-state index >= 15 is 0 Å². The van der Waals surface area contributed by atoms with E-state index in [0.717, 1.165) is 28.9 Å². The molecule has 0 heterocycles. The number of aliphatic hydroxyl groups is 1. The fourth-order valence-electron chi connectivity index (χ4n) is 3.04. The van der Waals surface area contributed by atoms with Crippen LogP contribution in [-0.4, -0.2) is 59.2 Å². The monoisotopic (exact) mass is 437 g/mol. The second kappa shape index (κ2) is 11.1. The number of carbonyl (C=O) groups is 3. The first-order valence-corrected chi connectivity index (χ1v) is 10.0.